The molecule has 0 aliphatic heterocycles. The van der Waals surface area contributed by atoms with Crippen LogP contribution in [-0.2, 0) is 10.0 Å². The number of aryl methyl sites for hydroxylation is 1. The number of rotatable bonds is 9. The van der Waals surface area contributed by atoms with E-state index in [1.807, 2.05) is 18.7 Å². The van der Waals surface area contributed by atoms with Crippen molar-refractivity contribution < 1.29 is 8.42 Å². The molecule has 0 saturated heterocycles. The molecule has 0 aromatic heterocycles. The Labute approximate surface area is 126 Å². The number of hydrogen-bond acceptors (Lipinski definition) is 4. The second-order valence-electron chi connectivity index (χ2n) is 4.82. The summed E-state index contributed by atoms with van der Waals surface area (Å²) < 4.78 is 26.7. The summed E-state index contributed by atoms with van der Waals surface area (Å²) in [7, 11) is -3.43. The van der Waals surface area contributed by atoms with E-state index in [9.17, 15) is 8.42 Å². The predicted octanol–water partition coefficient (Wildman–Crippen LogP) is 2.78. The Bertz CT molecular complexity index is 516. The van der Waals surface area contributed by atoms with Gasteiger partial charge in [0.25, 0.3) is 0 Å². The Kier molecular flexibility index (Phi) is 7.40. The van der Waals surface area contributed by atoms with Gasteiger partial charge in [-0.1, -0.05) is 18.9 Å². The fraction of sp³-hybridized carbons (Fsp3) is 0.571. The van der Waals surface area contributed by atoms with E-state index >= 15 is 0 Å². The second-order valence-corrected chi connectivity index (χ2v) is 7.58. The van der Waals surface area contributed by atoms with Gasteiger partial charge >= 0.3 is 0 Å². The van der Waals surface area contributed by atoms with E-state index in [1.165, 1.54) is 18.2 Å². The lowest BCUT2D eigenvalue weighted by Gasteiger charge is -2.08. The highest BCUT2D eigenvalue weighted by atomic mass is 32.2. The van der Waals surface area contributed by atoms with Gasteiger partial charge in [0, 0.05) is 12.2 Å². The average molecular weight is 316 g/mol. The van der Waals surface area contributed by atoms with Gasteiger partial charge in [0.1, 0.15) is 0 Å². The van der Waals surface area contributed by atoms with Crippen LogP contribution < -0.4 is 10.5 Å². The number of thioether (sulfide) groups is 1. The minimum atomic E-state index is -3.43. The van der Waals surface area contributed by atoms with Gasteiger partial charge in [0.05, 0.1) is 4.90 Å². The first kappa shape index (κ1) is 17.3. The highest BCUT2D eigenvalue weighted by Gasteiger charge is 2.13. The summed E-state index contributed by atoms with van der Waals surface area (Å²) in [4.78, 5) is 0.239. The van der Waals surface area contributed by atoms with E-state index in [1.54, 1.807) is 12.1 Å². The van der Waals surface area contributed by atoms with Crippen LogP contribution in [0.4, 0.5) is 5.69 Å². The van der Waals surface area contributed by atoms with Crippen molar-refractivity contribution in [2.24, 2.45) is 0 Å². The number of nitrogen functional groups attached to an aromatic ring is 1. The maximum Gasteiger partial charge on any atom is 0.240 e. The molecule has 0 spiro atoms. The third-order valence-electron chi connectivity index (χ3n) is 3.13. The molecule has 114 valence electrons. The molecule has 1 aromatic rings. The molecule has 0 atom stereocenters. The Morgan fingerprint density at radius 2 is 1.90 bits per heavy atom. The fourth-order valence-electron chi connectivity index (χ4n) is 1.80. The van der Waals surface area contributed by atoms with Crippen LogP contribution in [0.25, 0.3) is 0 Å². The average Bonchev–Trinajstić information content (AvgIpc) is 2.40. The van der Waals surface area contributed by atoms with Crippen LogP contribution in [0.5, 0.6) is 0 Å². The maximum atomic E-state index is 12.1. The van der Waals surface area contributed by atoms with Gasteiger partial charge in [-0.3, -0.25) is 0 Å². The number of benzene rings is 1. The molecule has 6 heteroatoms. The molecule has 0 heterocycles. The first-order valence-corrected chi connectivity index (χ1v) is 9.70. The van der Waals surface area contributed by atoms with E-state index in [4.69, 9.17) is 5.73 Å². The summed E-state index contributed by atoms with van der Waals surface area (Å²) in [5.41, 5.74) is 7.14. The highest BCUT2D eigenvalue weighted by molar-refractivity contribution is 7.98. The summed E-state index contributed by atoms with van der Waals surface area (Å²) in [5, 5.41) is 0. The molecule has 0 aliphatic carbocycles. The summed E-state index contributed by atoms with van der Waals surface area (Å²) in [6.45, 7) is 2.34. The molecule has 4 nitrogen and oxygen atoms in total. The number of unbranched alkanes of at least 4 members (excludes halogenated alkanes) is 3. The lowest BCUT2D eigenvalue weighted by atomic mass is 10.2. The normalized spacial score (nSPS) is 11.7. The van der Waals surface area contributed by atoms with Crippen molar-refractivity contribution in [1.29, 1.82) is 0 Å². The number of sulfonamides is 1. The molecule has 0 radical (unpaired) electrons. The van der Waals surface area contributed by atoms with Gasteiger partial charge in [-0.25, -0.2) is 13.1 Å². The van der Waals surface area contributed by atoms with Crippen LogP contribution in [0.1, 0.15) is 31.2 Å². The van der Waals surface area contributed by atoms with E-state index < -0.39 is 10.0 Å². The van der Waals surface area contributed by atoms with Crippen LogP contribution in [0, 0.1) is 6.92 Å². The Morgan fingerprint density at radius 1 is 1.20 bits per heavy atom. The molecule has 0 bridgehead atoms. The number of anilines is 1. The molecule has 3 N–H and O–H groups in total. The topological polar surface area (TPSA) is 72.2 Å². The van der Waals surface area contributed by atoms with Crippen LogP contribution in [-0.4, -0.2) is 27.0 Å². The number of nitrogens with two attached hydrogens (primary N) is 1. The van der Waals surface area contributed by atoms with Crippen molar-refractivity contribution in [3.63, 3.8) is 0 Å². The lowest BCUT2D eigenvalue weighted by Crippen LogP contribution is -2.25. The van der Waals surface area contributed by atoms with Crippen molar-refractivity contribution in [1.82, 2.24) is 4.72 Å². The van der Waals surface area contributed by atoms with Crippen molar-refractivity contribution in [3.05, 3.63) is 23.8 Å². The lowest BCUT2D eigenvalue weighted by molar-refractivity contribution is 0.574. The predicted molar refractivity (Wildman–Crippen MR) is 87.6 cm³/mol. The molecular weight excluding hydrogens is 292 g/mol. The van der Waals surface area contributed by atoms with E-state index in [0.29, 0.717) is 12.2 Å². The first-order chi connectivity index (χ1) is 9.47. The van der Waals surface area contributed by atoms with Gasteiger partial charge in [-0.15, -0.1) is 0 Å². The van der Waals surface area contributed by atoms with Crippen LogP contribution in [0.15, 0.2) is 23.1 Å². The van der Waals surface area contributed by atoms with Gasteiger partial charge in [0.2, 0.25) is 10.0 Å². The largest absolute Gasteiger partial charge is 0.398 e. The van der Waals surface area contributed by atoms with Gasteiger partial charge in [-0.05, 0) is 49.5 Å². The Hall–Kier alpha value is -0.720. The standard InChI is InChI=1S/C14H24N2O2S2/c1-12-7-8-13(11-14(12)15)20(17,18)16-9-5-3-4-6-10-19-2/h7-8,11,16H,3-6,9-10,15H2,1-2H3. The van der Waals surface area contributed by atoms with Crippen molar-refractivity contribution in [3.8, 4) is 0 Å². The zero-order valence-electron chi connectivity index (χ0n) is 12.2. The summed E-state index contributed by atoms with van der Waals surface area (Å²) in [6.07, 6.45) is 6.37. The minimum absolute atomic E-state index is 0.239. The summed E-state index contributed by atoms with van der Waals surface area (Å²) in [5.74, 6) is 1.17. The second kappa shape index (κ2) is 8.54. The molecule has 1 rings (SSSR count). The van der Waals surface area contributed by atoms with Crippen LogP contribution in [0.2, 0.25) is 0 Å². The monoisotopic (exact) mass is 316 g/mol. The molecule has 0 unspecified atom stereocenters. The first-order valence-electron chi connectivity index (χ1n) is 6.82. The van der Waals surface area contributed by atoms with Gasteiger partial charge in [0.15, 0.2) is 0 Å². The molecule has 0 saturated carbocycles. The summed E-state index contributed by atoms with van der Waals surface area (Å²) >= 11 is 1.85. The zero-order valence-corrected chi connectivity index (χ0v) is 13.8. The number of nitrogens with one attached hydrogen (secondary N) is 1. The van der Waals surface area contributed by atoms with E-state index in [-0.39, 0.29) is 4.90 Å². The minimum Gasteiger partial charge on any atom is -0.398 e. The maximum absolute atomic E-state index is 12.1. The fourth-order valence-corrected chi connectivity index (χ4v) is 3.40. The molecule has 0 fully saturated rings. The smallest absolute Gasteiger partial charge is 0.240 e. The van der Waals surface area contributed by atoms with Crippen molar-refractivity contribution >= 4 is 27.5 Å². The van der Waals surface area contributed by atoms with Crippen LogP contribution >= 0.6 is 11.8 Å². The van der Waals surface area contributed by atoms with Gasteiger partial charge < -0.3 is 5.73 Å². The third-order valence-corrected chi connectivity index (χ3v) is 5.28. The third kappa shape index (κ3) is 5.73. The number of hydrogen-bond donors (Lipinski definition) is 2. The molecular formula is C14H24N2O2S2. The Morgan fingerprint density at radius 3 is 2.55 bits per heavy atom. The van der Waals surface area contributed by atoms with Gasteiger partial charge in [-0.2, -0.15) is 11.8 Å². The van der Waals surface area contributed by atoms with Crippen LogP contribution in [0.3, 0.4) is 0 Å². The highest BCUT2D eigenvalue weighted by Crippen LogP contribution is 2.17. The van der Waals surface area contributed by atoms with E-state index in [2.05, 4.69) is 11.0 Å². The molecule has 0 amide bonds. The molecule has 1 aromatic carbocycles. The van der Waals surface area contributed by atoms with Crippen molar-refractivity contribution in [2.75, 3.05) is 24.3 Å². The molecule has 20 heavy (non-hydrogen) atoms. The molecule has 0 aliphatic rings. The van der Waals surface area contributed by atoms with E-state index in [0.717, 1.165) is 24.8 Å². The quantitative estimate of drug-likeness (QED) is 0.543. The van der Waals surface area contributed by atoms with Crippen molar-refractivity contribution in [2.45, 2.75) is 37.5 Å². The summed E-state index contributed by atoms with van der Waals surface area (Å²) in [6, 6.07) is 4.83. The Balaban J connectivity index is 2.40. The SMILES string of the molecule is CSCCCCCCNS(=O)(=O)c1ccc(C)c(N)c1. The zero-order chi connectivity index (χ0) is 15.0.